The fourth-order valence-corrected chi connectivity index (χ4v) is 15.6. The van der Waals surface area contributed by atoms with E-state index in [2.05, 4.69) is 95.0 Å². The lowest BCUT2D eigenvalue weighted by atomic mass is 10.0. The number of nitrogens with one attached hydrogen (secondary N) is 3. The zero-order valence-corrected chi connectivity index (χ0v) is 77.7. The van der Waals surface area contributed by atoms with E-state index in [1.165, 1.54) is 25.7 Å². The molecule has 133 heavy (non-hydrogen) atoms. The van der Waals surface area contributed by atoms with E-state index >= 15 is 0 Å². The van der Waals surface area contributed by atoms with Crippen LogP contribution in [0, 0.1) is 5.82 Å². The van der Waals surface area contributed by atoms with E-state index in [0.29, 0.717) is 61.0 Å². The smallest absolute Gasteiger partial charge is 0.128 e. The Kier molecular flexibility index (Phi) is 32.0. The monoisotopic (exact) mass is 1800 g/mol. The number of aliphatic hydroxyl groups is 2. The molecular weight excluding hydrogens is 1690 g/mol. The van der Waals surface area contributed by atoms with Crippen molar-refractivity contribution in [2.45, 2.75) is 76.9 Å². The SMILES string of the molecule is CCCN(c1cc(F)cc(OC)c1)c1ccc2ncc(-c3cnn(C)c3)nc2c1.CNCC(O)CN(c1cc(OC)cc(OC)c1)c1ccc2ncc(-c3cnn(C)c3)nc2c1.CNC[C@@H](O)CN(c1cc(OC)cc(OC)c1)c1ccc2ncc(-c3cnn(C)c3)nc2c1.COc1cc(OC)cc(N(CCNC(C)C)c2ccc3ncc(C4=CC(C5CCCCO5)N=C4)nc3c2)c1. The van der Waals surface area contributed by atoms with E-state index in [4.69, 9.17) is 67.8 Å². The number of aliphatic hydroxyl groups excluding tert-OH is 2. The van der Waals surface area contributed by atoms with Gasteiger partial charge in [0.05, 0.1) is 197 Å². The molecule has 32 nitrogen and oxygen atoms in total. The van der Waals surface area contributed by atoms with Crippen molar-refractivity contribution in [2.75, 3.05) is 136 Å². The van der Waals surface area contributed by atoms with E-state index in [-0.39, 0.29) is 18.0 Å². The predicted molar refractivity (Wildman–Crippen MR) is 522 cm³/mol. The van der Waals surface area contributed by atoms with Crippen molar-refractivity contribution in [1.29, 1.82) is 0 Å². The fraction of sp³-hybridized carbons (Fsp3) is 0.320. The highest BCUT2D eigenvalue weighted by Crippen LogP contribution is 2.40. The van der Waals surface area contributed by atoms with Crippen LogP contribution >= 0.6 is 0 Å². The van der Waals surface area contributed by atoms with E-state index in [1.54, 1.807) is 93.9 Å². The predicted octanol–water partition coefficient (Wildman–Crippen LogP) is 15.4. The number of methoxy groups -OCH3 is 7. The third-order valence-electron chi connectivity index (χ3n) is 22.3. The molecule has 692 valence electrons. The highest BCUT2D eigenvalue weighted by molar-refractivity contribution is 6.11. The average molecular weight is 1800 g/mol. The van der Waals surface area contributed by atoms with Gasteiger partial charge in [0.1, 0.15) is 46.1 Å². The van der Waals surface area contributed by atoms with Crippen molar-refractivity contribution in [2.24, 2.45) is 26.1 Å². The van der Waals surface area contributed by atoms with Crippen LogP contribution < -0.4 is 68.7 Å². The summed E-state index contributed by atoms with van der Waals surface area (Å²) in [7, 11) is 20.6. The number of aryl methyl sites for hydroxylation is 3. The first-order valence-corrected chi connectivity index (χ1v) is 44.1. The molecule has 33 heteroatoms. The van der Waals surface area contributed by atoms with Crippen molar-refractivity contribution in [1.82, 2.24) is 85.2 Å². The van der Waals surface area contributed by atoms with Gasteiger partial charge < -0.3 is 83.7 Å². The number of anilines is 8. The van der Waals surface area contributed by atoms with Crippen molar-refractivity contribution in [3.05, 3.63) is 225 Å². The highest BCUT2D eigenvalue weighted by Gasteiger charge is 2.28. The molecule has 0 spiro atoms. The number of hydrogen-bond donors (Lipinski definition) is 5. The van der Waals surface area contributed by atoms with E-state index in [9.17, 15) is 14.6 Å². The quantitative estimate of drug-likeness (QED) is 0.0250. The Morgan fingerprint density at radius 1 is 0.429 bits per heavy atom. The Morgan fingerprint density at radius 3 is 1.13 bits per heavy atom. The molecule has 0 aliphatic carbocycles. The number of hydrogen-bond acceptors (Lipinski definition) is 29. The minimum absolute atomic E-state index is 0.0566. The summed E-state index contributed by atoms with van der Waals surface area (Å²) in [4.78, 5) is 50.8. The molecule has 17 rings (SSSR count). The maximum Gasteiger partial charge on any atom is 0.128 e. The van der Waals surface area contributed by atoms with Crippen molar-refractivity contribution >= 4 is 101 Å². The maximum atomic E-state index is 14.1. The van der Waals surface area contributed by atoms with Crippen LogP contribution in [0.3, 0.4) is 0 Å². The lowest BCUT2D eigenvalue weighted by Gasteiger charge is -2.28. The highest BCUT2D eigenvalue weighted by atomic mass is 19.1. The van der Waals surface area contributed by atoms with E-state index < -0.39 is 12.2 Å². The van der Waals surface area contributed by atoms with Crippen LogP contribution in [0.2, 0.25) is 0 Å². The lowest BCUT2D eigenvalue weighted by molar-refractivity contribution is 0.0101. The number of aliphatic imine (C=N–C) groups is 1. The number of halogens is 1. The van der Waals surface area contributed by atoms with Crippen LogP contribution in [-0.4, -0.2) is 232 Å². The van der Waals surface area contributed by atoms with Gasteiger partial charge in [0.25, 0.3) is 0 Å². The van der Waals surface area contributed by atoms with Crippen LogP contribution in [0.4, 0.5) is 49.9 Å². The number of ether oxygens (including phenoxy) is 8. The van der Waals surface area contributed by atoms with E-state index in [0.717, 1.165) is 192 Å². The summed E-state index contributed by atoms with van der Waals surface area (Å²) in [5.41, 5.74) is 20.2. The molecule has 4 atom stereocenters. The topological polar surface area (TPSA) is 332 Å². The van der Waals surface area contributed by atoms with E-state index in [1.807, 2.05) is 197 Å². The molecule has 1 saturated heterocycles. The summed E-state index contributed by atoms with van der Waals surface area (Å²) < 4.78 is 63.4. The Labute approximate surface area is 773 Å². The Morgan fingerprint density at radius 2 is 0.782 bits per heavy atom. The Bertz CT molecular complexity index is 6240. The van der Waals surface area contributed by atoms with Gasteiger partial charge in [-0.1, -0.05) is 20.8 Å². The molecule has 8 aromatic carbocycles. The third-order valence-corrected chi connectivity index (χ3v) is 22.3. The minimum Gasteiger partial charge on any atom is -0.497 e. The van der Waals surface area contributed by atoms with Crippen molar-refractivity contribution < 1.29 is 52.5 Å². The lowest BCUT2D eigenvalue weighted by Crippen LogP contribution is -2.35. The van der Waals surface area contributed by atoms with Gasteiger partial charge in [0, 0.05) is 226 Å². The second-order valence-corrected chi connectivity index (χ2v) is 32.3. The number of fused-ring (bicyclic) bond motifs is 4. The Hall–Kier alpha value is -14.4. The summed E-state index contributed by atoms with van der Waals surface area (Å²) in [5.74, 6) is 4.30. The molecule has 0 radical (unpaired) electrons. The standard InChI is InChI=1S/C30H37N5O3.2C24H28N6O3.C22H22FN5O/c1-20(2)31-10-11-35(23-14-24(36-3)17-25(15-23)37-4)22-8-9-26-27(16-22)34-29(19-33-26)21-13-28(32-18-21)30-7-5-6-12-38-30;2*1-25-12-19(31)15-30(18-7-20(32-3)10-21(8-18)33-4)17-5-6-22-23(9-17)28-24(13-26-22)16-11-27-29(2)14-16;1-4-7-28(18-8-16(23)9-19(10-18)29-3)17-5-6-20-21(11-17)26-22(13-24-20)15-12-25-27(2)14-15/h8-9,13-20,28,30-31H,5-7,10-12H2,1-4H3;2*5-11,13-14,19,25,31H,12,15H2,1-4H3;5-6,8-14H,4,7H2,1-3H3/t;19-;;/m.1../s1. The average Bonchev–Trinajstić information content (AvgIpc) is 1.52. The second kappa shape index (κ2) is 45.0. The Balaban J connectivity index is 0.000000143. The molecule has 9 heterocycles. The van der Waals surface area contributed by atoms with Gasteiger partial charge in [-0.2, -0.15) is 15.3 Å². The minimum atomic E-state index is -0.601. The summed E-state index contributed by atoms with van der Waals surface area (Å²) in [6.45, 7) is 11.1. The second-order valence-electron chi connectivity index (χ2n) is 32.3. The number of allylic oxidation sites excluding steroid dienone is 1. The zero-order chi connectivity index (χ0) is 93.6. The number of aromatic nitrogens is 14. The summed E-state index contributed by atoms with van der Waals surface area (Å²) in [6, 6.07) is 46.3. The van der Waals surface area contributed by atoms with Gasteiger partial charge in [-0.15, -0.1) is 0 Å². The summed E-state index contributed by atoms with van der Waals surface area (Å²) in [5, 5.41) is 43.4. The zero-order valence-electron chi connectivity index (χ0n) is 77.7. The fourth-order valence-electron chi connectivity index (χ4n) is 15.6. The molecule has 0 bridgehead atoms. The van der Waals surface area contributed by atoms with Gasteiger partial charge in [-0.25, -0.2) is 24.3 Å². The molecule has 7 aromatic heterocycles. The van der Waals surface area contributed by atoms with Gasteiger partial charge >= 0.3 is 0 Å². The van der Waals surface area contributed by atoms with Gasteiger partial charge in [0.15, 0.2) is 0 Å². The molecule has 0 amide bonds. The first kappa shape index (κ1) is 94.8. The number of nitrogens with zero attached hydrogens (tertiary/aromatic N) is 19. The molecule has 5 N–H and O–H groups in total. The largest absolute Gasteiger partial charge is 0.497 e. The first-order valence-electron chi connectivity index (χ1n) is 44.1. The number of benzene rings is 8. The van der Waals surface area contributed by atoms with Gasteiger partial charge in [-0.3, -0.25) is 39.0 Å². The molecule has 15 aromatic rings. The maximum absolute atomic E-state index is 14.1. The van der Waals surface area contributed by atoms with Crippen molar-refractivity contribution in [3.63, 3.8) is 0 Å². The van der Waals surface area contributed by atoms with Crippen LogP contribution in [0.15, 0.2) is 219 Å². The van der Waals surface area contributed by atoms with Gasteiger partial charge in [-0.05, 0) is 125 Å². The molecule has 2 aliphatic heterocycles. The summed E-state index contributed by atoms with van der Waals surface area (Å²) >= 11 is 0. The number of likely N-dealkylation sites (N-methyl/N-ethyl adjacent to an activating group) is 2. The van der Waals surface area contributed by atoms with Gasteiger partial charge in [0.2, 0.25) is 0 Å². The first-order chi connectivity index (χ1) is 64.6. The van der Waals surface area contributed by atoms with Crippen LogP contribution in [0.25, 0.3) is 83.5 Å². The third kappa shape index (κ3) is 24.3. The molecule has 2 aliphatic rings. The van der Waals surface area contributed by atoms with Crippen LogP contribution in [0.1, 0.15) is 52.1 Å². The molecule has 0 saturated carbocycles. The summed E-state index contributed by atoms with van der Waals surface area (Å²) in [6.07, 6.45) is 25.4. The molecule has 3 unspecified atom stereocenters. The van der Waals surface area contributed by atoms with Crippen molar-refractivity contribution in [3.8, 4) is 74.0 Å². The van der Waals surface area contributed by atoms with Crippen LogP contribution in [0.5, 0.6) is 40.2 Å². The number of rotatable bonds is 34. The van der Waals surface area contributed by atoms with Crippen LogP contribution in [-0.2, 0) is 25.9 Å². The normalized spacial score (nSPS) is 13.8. The molecular formula is C100H115FN22O10. The molecule has 1 fully saturated rings.